The zero-order valence-corrected chi connectivity index (χ0v) is 9.65. The van der Waals surface area contributed by atoms with Gasteiger partial charge in [-0.1, -0.05) is 12.1 Å². The average molecular weight is 210 g/mol. The van der Waals surface area contributed by atoms with E-state index in [-0.39, 0.29) is 11.9 Å². The van der Waals surface area contributed by atoms with E-state index in [1.165, 1.54) is 5.56 Å². The van der Waals surface area contributed by atoms with Gasteiger partial charge in [-0.2, -0.15) is 5.10 Å². The van der Waals surface area contributed by atoms with Crippen LogP contribution in [0, 0.1) is 13.8 Å². The summed E-state index contributed by atoms with van der Waals surface area (Å²) in [4.78, 5) is 0. The Morgan fingerprint density at radius 3 is 2.60 bits per heavy atom. The van der Waals surface area contributed by atoms with Crippen LogP contribution < -0.4 is 5.73 Å². The Hall–Kier alpha value is -1.52. The molecular weight excluding hydrogens is 192 g/mol. The van der Waals surface area contributed by atoms with Crippen LogP contribution in [0.3, 0.4) is 0 Å². The lowest BCUT2D eigenvalue weighted by atomic mass is 10.1. The number of oxime groups is 1. The van der Waals surface area contributed by atoms with Crippen molar-refractivity contribution in [3.63, 3.8) is 0 Å². The molecule has 0 amide bonds. The van der Waals surface area contributed by atoms with Gasteiger partial charge in [0.25, 0.3) is 0 Å². The lowest BCUT2D eigenvalue weighted by Gasteiger charge is -2.12. The smallest absolute Gasteiger partial charge is 0.163 e. The SMILES string of the molecule is CCc1c(C)nn(C(C)C(N)=NO)c1C. The normalized spacial score (nSPS) is 14.3. The molecule has 1 rings (SSSR count). The molecule has 1 aromatic heterocycles. The Bertz CT molecular complexity index is 381. The molecule has 5 nitrogen and oxygen atoms in total. The molecule has 5 heteroatoms. The number of aryl methyl sites for hydroxylation is 1. The van der Waals surface area contributed by atoms with Gasteiger partial charge in [0.1, 0.15) is 6.04 Å². The van der Waals surface area contributed by atoms with E-state index in [0.29, 0.717) is 0 Å². The number of hydrogen-bond donors (Lipinski definition) is 2. The number of rotatable bonds is 3. The lowest BCUT2D eigenvalue weighted by Crippen LogP contribution is -2.26. The second kappa shape index (κ2) is 4.33. The van der Waals surface area contributed by atoms with Gasteiger partial charge in [-0.3, -0.25) is 4.68 Å². The molecule has 0 radical (unpaired) electrons. The van der Waals surface area contributed by atoms with Crippen LogP contribution in [0.15, 0.2) is 5.16 Å². The van der Waals surface area contributed by atoms with Gasteiger partial charge in [-0.25, -0.2) is 0 Å². The highest BCUT2D eigenvalue weighted by molar-refractivity contribution is 5.83. The Morgan fingerprint density at radius 2 is 2.20 bits per heavy atom. The minimum absolute atomic E-state index is 0.170. The highest BCUT2D eigenvalue weighted by Crippen LogP contribution is 2.17. The first-order valence-corrected chi connectivity index (χ1v) is 5.04. The minimum atomic E-state index is -0.214. The molecule has 0 aromatic carbocycles. The van der Waals surface area contributed by atoms with Gasteiger partial charge in [-0.05, 0) is 32.8 Å². The van der Waals surface area contributed by atoms with Crippen LogP contribution in [0.25, 0.3) is 0 Å². The summed E-state index contributed by atoms with van der Waals surface area (Å²) in [7, 11) is 0. The van der Waals surface area contributed by atoms with E-state index in [1.807, 2.05) is 20.8 Å². The number of nitrogens with two attached hydrogens (primary N) is 1. The zero-order valence-electron chi connectivity index (χ0n) is 9.65. The van der Waals surface area contributed by atoms with Gasteiger partial charge in [0.2, 0.25) is 0 Å². The summed E-state index contributed by atoms with van der Waals surface area (Å²) < 4.78 is 1.79. The third-order valence-corrected chi connectivity index (χ3v) is 2.74. The number of amidine groups is 1. The van der Waals surface area contributed by atoms with E-state index in [1.54, 1.807) is 4.68 Å². The van der Waals surface area contributed by atoms with E-state index in [9.17, 15) is 0 Å². The molecule has 1 atom stereocenters. The van der Waals surface area contributed by atoms with Crippen molar-refractivity contribution in [1.82, 2.24) is 9.78 Å². The number of aromatic nitrogens is 2. The summed E-state index contributed by atoms with van der Waals surface area (Å²) in [6.07, 6.45) is 0.945. The summed E-state index contributed by atoms with van der Waals surface area (Å²) >= 11 is 0. The van der Waals surface area contributed by atoms with Gasteiger partial charge in [0.05, 0.1) is 5.69 Å². The standard InChI is InChI=1S/C10H18N4O/c1-5-9-6(2)12-14(7(9)3)8(4)10(11)13-15/h8,15H,5H2,1-4H3,(H2,11,13). The van der Waals surface area contributed by atoms with Crippen molar-refractivity contribution >= 4 is 5.84 Å². The van der Waals surface area contributed by atoms with Crippen LogP contribution in [0.1, 0.15) is 36.8 Å². The van der Waals surface area contributed by atoms with Gasteiger partial charge >= 0.3 is 0 Å². The Kier molecular flexibility index (Phi) is 3.34. The molecule has 84 valence electrons. The van der Waals surface area contributed by atoms with E-state index >= 15 is 0 Å². The molecule has 0 bridgehead atoms. The summed E-state index contributed by atoms with van der Waals surface area (Å²) in [6.45, 7) is 7.92. The quantitative estimate of drug-likeness (QED) is 0.342. The van der Waals surface area contributed by atoms with Crippen LogP contribution in [0.4, 0.5) is 0 Å². The fourth-order valence-corrected chi connectivity index (χ4v) is 1.79. The zero-order chi connectivity index (χ0) is 11.6. The van der Waals surface area contributed by atoms with Crippen LogP contribution in [0.5, 0.6) is 0 Å². The van der Waals surface area contributed by atoms with E-state index in [4.69, 9.17) is 10.9 Å². The molecule has 0 spiro atoms. The monoisotopic (exact) mass is 210 g/mol. The van der Waals surface area contributed by atoms with Crippen molar-refractivity contribution in [2.75, 3.05) is 0 Å². The first kappa shape index (κ1) is 11.6. The second-order valence-electron chi connectivity index (χ2n) is 3.65. The molecule has 3 N–H and O–H groups in total. The van der Waals surface area contributed by atoms with Gasteiger partial charge in [0.15, 0.2) is 5.84 Å². The summed E-state index contributed by atoms with van der Waals surface area (Å²) in [6, 6.07) is -0.214. The van der Waals surface area contributed by atoms with Crippen LogP contribution in [-0.4, -0.2) is 20.8 Å². The number of nitrogens with zero attached hydrogens (tertiary/aromatic N) is 3. The van der Waals surface area contributed by atoms with E-state index < -0.39 is 0 Å². The number of hydrogen-bond acceptors (Lipinski definition) is 3. The molecule has 0 aliphatic carbocycles. The van der Waals surface area contributed by atoms with E-state index in [0.717, 1.165) is 17.8 Å². The Balaban J connectivity index is 3.16. The van der Waals surface area contributed by atoms with Gasteiger partial charge < -0.3 is 10.9 Å². The molecular formula is C10H18N4O. The maximum absolute atomic E-state index is 8.61. The topological polar surface area (TPSA) is 76.4 Å². The largest absolute Gasteiger partial charge is 0.409 e. The third-order valence-electron chi connectivity index (χ3n) is 2.74. The molecule has 1 heterocycles. The first-order chi connectivity index (χ1) is 7.02. The molecule has 1 aromatic rings. The second-order valence-corrected chi connectivity index (χ2v) is 3.65. The van der Waals surface area contributed by atoms with Crippen LogP contribution in [-0.2, 0) is 6.42 Å². The van der Waals surface area contributed by atoms with E-state index in [2.05, 4.69) is 17.2 Å². The first-order valence-electron chi connectivity index (χ1n) is 5.04. The van der Waals surface area contributed by atoms with Crippen molar-refractivity contribution in [3.05, 3.63) is 17.0 Å². The average Bonchev–Trinajstić information content (AvgIpc) is 2.51. The predicted molar refractivity (Wildman–Crippen MR) is 59.2 cm³/mol. The maximum Gasteiger partial charge on any atom is 0.163 e. The fraction of sp³-hybridized carbons (Fsp3) is 0.600. The molecule has 1 unspecified atom stereocenters. The van der Waals surface area contributed by atoms with Crippen molar-refractivity contribution in [3.8, 4) is 0 Å². The summed E-state index contributed by atoms with van der Waals surface area (Å²) in [5.41, 5.74) is 8.87. The lowest BCUT2D eigenvalue weighted by molar-refractivity contribution is 0.313. The van der Waals surface area contributed by atoms with Crippen molar-refractivity contribution in [2.45, 2.75) is 40.2 Å². The molecule has 0 aliphatic rings. The molecule has 0 saturated carbocycles. The van der Waals surface area contributed by atoms with Crippen LogP contribution >= 0.6 is 0 Å². The third kappa shape index (κ3) is 1.95. The highest BCUT2D eigenvalue weighted by Gasteiger charge is 2.17. The Morgan fingerprint density at radius 1 is 1.60 bits per heavy atom. The van der Waals surface area contributed by atoms with Crippen LogP contribution in [0.2, 0.25) is 0 Å². The van der Waals surface area contributed by atoms with Gasteiger partial charge in [-0.15, -0.1) is 0 Å². The van der Waals surface area contributed by atoms with Crippen molar-refractivity contribution < 1.29 is 5.21 Å². The molecule has 0 aliphatic heterocycles. The van der Waals surface area contributed by atoms with Gasteiger partial charge in [0, 0.05) is 5.69 Å². The molecule has 0 fully saturated rings. The molecule has 15 heavy (non-hydrogen) atoms. The molecule has 0 saturated heterocycles. The summed E-state index contributed by atoms with van der Waals surface area (Å²) in [5, 5.41) is 16.0. The predicted octanol–water partition coefficient (Wildman–Crippen LogP) is 1.37. The van der Waals surface area contributed by atoms with Crippen molar-refractivity contribution in [1.29, 1.82) is 0 Å². The fourth-order valence-electron chi connectivity index (χ4n) is 1.79. The highest BCUT2D eigenvalue weighted by atomic mass is 16.4. The maximum atomic E-state index is 8.61. The summed E-state index contributed by atoms with van der Waals surface area (Å²) in [5.74, 6) is 0.170. The Labute approximate surface area is 89.6 Å². The van der Waals surface area contributed by atoms with Crippen molar-refractivity contribution in [2.24, 2.45) is 10.9 Å². The minimum Gasteiger partial charge on any atom is -0.409 e.